The minimum absolute atomic E-state index is 0.162. The van der Waals surface area contributed by atoms with Crippen LogP contribution in [0.5, 0.6) is 0 Å². The van der Waals surface area contributed by atoms with Gasteiger partial charge in [-0.15, -0.1) is 4.98 Å². The second-order valence-corrected chi connectivity index (χ2v) is 5.36. The number of aromatic amines is 1. The Morgan fingerprint density at radius 2 is 1.96 bits per heavy atom. The highest BCUT2D eigenvalue weighted by Gasteiger charge is 2.14. The zero-order chi connectivity index (χ0) is 18.0. The fraction of sp³-hybridized carbons (Fsp3) is 0.133. The van der Waals surface area contributed by atoms with E-state index in [-0.39, 0.29) is 11.8 Å². The largest absolute Gasteiger partial charge is 0.480 e. The zero-order valence-electron chi connectivity index (χ0n) is 13.1. The summed E-state index contributed by atoms with van der Waals surface area (Å²) in [6, 6.07) is 5.78. The Balaban J connectivity index is 1.73. The molecule has 2 aromatic heterocycles. The van der Waals surface area contributed by atoms with Crippen LogP contribution in [0, 0.1) is 0 Å². The number of nitrogens with zero attached hydrogens (tertiary/aromatic N) is 3. The van der Waals surface area contributed by atoms with Crippen molar-refractivity contribution in [2.45, 2.75) is 12.6 Å². The number of nitrogens with one attached hydrogen (secondary N) is 2. The third-order valence-corrected chi connectivity index (χ3v) is 3.56. The number of H-pyrrole nitrogens is 1. The average molecular weight is 341 g/mol. The molecule has 0 fully saturated rings. The van der Waals surface area contributed by atoms with E-state index >= 15 is 0 Å². The van der Waals surface area contributed by atoms with E-state index in [4.69, 9.17) is 22.3 Å². The lowest BCUT2D eigenvalue weighted by Gasteiger charge is -2.09. The van der Waals surface area contributed by atoms with Crippen LogP contribution >= 0.6 is 0 Å². The van der Waals surface area contributed by atoms with Crippen molar-refractivity contribution in [1.29, 1.82) is 0 Å². The average Bonchev–Trinajstić information content (AvgIpc) is 2.59. The van der Waals surface area contributed by atoms with Gasteiger partial charge < -0.3 is 27.6 Å². The van der Waals surface area contributed by atoms with Gasteiger partial charge in [0.1, 0.15) is 11.7 Å². The summed E-state index contributed by atoms with van der Waals surface area (Å²) in [6.07, 6.45) is 1.59. The van der Waals surface area contributed by atoms with Crippen LogP contribution in [0.15, 0.2) is 30.5 Å². The van der Waals surface area contributed by atoms with E-state index in [1.165, 1.54) is 0 Å². The molecule has 0 radical (unpaired) electrons. The molecule has 3 aromatic rings. The molecule has 2 heterocycles. The summed E-state index contributed by atoms with van der Waals surface area (Å²) in [5.74, 6) is -0.699. The molecule has 10 heteroatoms. The van der Waals surface area contributed by atoms with Crippen molar-refractivity contribution >= 4 is 34.6 Å². The molecule has 128 valence electrons. The highest BCUT2D eigenvalue weighted by atomic mass is 16.4. The molecule has 1 aromatic carbocycles. The van der Waals surface area contributed by atoms with Gasteiger partial charge in [-0.25, -0.2) is 9.97 Å². The number of hydrogen-bond acceptors (Lipinski definition) is 8. The molecule has 1 unspecified atom stereocenters. The first-order valence-corrected chi connectivity index (χ1v) is 7.36. The standard InChI is InChI=1S/C15H16N8O2/c16-10(14(24)25)7-1-3-8(4-2-7)19-5-9-6-20-11-12(17)22-15(18)23-13(11)21-9/h1-4,6,10,19H,5,16H2,(H,24,25)(H4,17,18,21,22,23)/p+1. The molecule has 0 aliphatic carbocycles. The summed E-state index contributed by atoms with van der Waals surface area (Å²) in [6.45, 7) is 0.406. The van der Waals surface area contributed by atoms with Crippen LogP contribution < -0.4 is 27.5 Å². The van der Waals surface area contributed by atoms with Gasteiger partial charge in [-0.1, -0.05) is 17.1 Å². The van der Waals surface area contributed by atoms with E-state index in [1.54, 1.807) is 30.5 Å². The van der Waals surface area contributed by atoms with Crippen molar-refractivity contribution in [2.75, 3.05) is 16.8 Å². The molecule has 0 saturated carbocycles. The Bertz CT molecular complexity index is 929. The number of rotatable bonds is 5. The number of hydrogen-bond donors (Lipinski definition) is 5. The number of anilines is 3. The van der Waals surface area contributed by atoms with Crippen LogP contribution in [-0.4, -0.2) is 26.0 Å². The maximum Gasteiger partial charge on any atom is 0.344 e. The van der Waals surface area contributed by atoms with Gasteiger partial charge in [0.25, 0.3) is 5.65 Å². The van der Waals surface area contributed by atoms with E-state index in [9.17, 15) is 4.79 Å². The first-order chi connectivity index (χ1) is 11.9. The second-order valence-electron chi connectivity index (χ2n) is 5.36. The monoisotopic (exact) mass is 341 g/mol. The minimum Gasteiger partial charge on any atom is -0.480 e. The molecule has 0 bridgehead atoms. The number of carbonyl (C=O) groups is 1. The summed E-state index contributed by atoms with van der Waals surface area (Å²) in [7, 11) is 0. The van der Waals surface area contributed by atoms with E-state index in [0.29, 0.717) is 29.0 Å². The molecule has 0 spiro atoms. The van der Waals surface area contributed by atoms with Crippen molar-refractivity contribution in [3.63, 3.8) is 0 Å². The van der Waals surface area contributed by atoms with Crippen LogP contribution in [0.25, 0.3) is 11.2 Å². The molecule has 25 heavy (non-hydrogen) atoms. The highest BCUT2D eigenvalue weighted by Crippen LogP contribution is 2.16. The van der Waals surface area contributed by atoms with Gasteiger partial charge in [0.05, 0.1) is 12.7 Å². The summed E-state index contributed by atoms with van der Waals surface area (Å²) in [5.41, 5.74) is 19.8. The van der Waals surface area contributed by atoms with Gasteiger partial charge in [0.2, 0.25) is 5.82 Å². The number of benzene rings is 1. The van der Waals surface area contributed by atoms with Gasteiger partial charge in [-0.05, 0) is 17.7 Å². The first-order valence-electron chi connectivity index (χ1n) is 7.36. The lowest BCUT2D eigenvalue weighted by Crippen LogP contribution is -2.20. The smallest absolute Gasteiger partial charge is 0.344 e. The molecular formula is C15H17N8O2+. The van der Waals surface area contributed by atoms with Crippen LogP contribution in [0.2, 0.25) is 0 Å². The van der Waals surface area contributed by atoms with Crippen molar-refractivity contribution in [1.82, 2.24) is 15.0 Å². The first kappa shape index (κ1) is 16.3. The van der Waals surface area contributed by atoms with Gasteiger partial charge in [-0.2, -0.15) is 0 Å². The van der Waals surface area contributed by atoms with E-state index in [2.05, 4.69) is 25.3 Å². The normalized spacial score (nSPS) is 12.0. The zero-order valence-corrected chi connectivity index (χ0v) is 13.1. The van der Waals surface area contributed by atoms with Gasteiger partial charge >= 0.3 is 11.9 Å². The van der Waals surface area contributed by atoms with Gasteiger partial charge in [0.15, 0.2) is 5.52 Å². The molecular weight excluding hydrogens is 324 g/mol. The molecule has 0 amide bonds. The highest BCUT2D eigenvalue weighted by molar-refractivity contribution is 5.78. The fourth-order valence-electron chi connectivity index (χ4n) is 2.26. The van der Waals surface area contributed by atoms with Crippen molar-refractivity contribution in [3.05, 3.63) is 41.7 Å². The fourth-order valence-corrected chi connectivity index (χ4v) is 2.26. The number of aliphatic carboxylic acids is 1. The van der Waals surface area contributed by atoms with Crippen LogP contribution in [0.4, 0.5) is 17.5 Å². The van der Waals surface area contributed by atoms with Gasteiger partial charge in [-0.3, -0.25) is 4.79 Å². The quantitative estimate of drug-likeness (QED) is 0.416. The van der Waals surface area contributed by atoms with Crippen molar-refractivity contribution in [3.8, 4) is 0 Å². The molecule has 10 nitrogen and oxygen atoms in total. The molecule has 9 N–H and O–H groups in total. The summed E-state index contributed by atoms with van der Waals surface area (Å²) >= 11 is 0. The summed E-state index contributed by atoms with van der Waals surface area (Å²) in [4.78, 5) is 26.2. The number of nitrogens with two attached hydrogens (primary N) is 3. The Morgan fingerprint density at radius 3 is 2.64 bits per heavy atom. The Hall–Kier alpha value is -3.53. The minimum atomic E-state index is -1.07. The van der Waals surface area contributed by atoms with Crippen LogP contribution in [0.3, 0.4) is 0 Å². The Labute approximate surface area is 142 Å². The Kier molecular flexibility index (Phi) is 4.27. The summed E-state index contributed by atoms with van der Waals surface area (Å²) < 4.78 is 0. The van der Waals surface area contributed by atoms with Crippen LogP contribution in [0.1, 0.15) is 17.3 Å². The predicted octanol–water partition coefficient (Wildman–Crippen LogP) is -0.300. The maximum absolute atomic E-state index is 10.9. The third kappa shape index (κ3) is 3.53. The number of carboxylic acid groups (broad SMARTS) is 1. The Morgan fingerprint density at radius 1 is 1.24 bits per heavy atom. The summed E-state index contributed by atoms with van der Waals surface area (Å²) in [5, 5.41) is 12.1. The van der Waals surface area contributed by atoms with Gasteiger partial charge in [0, 0.05) is 5.69 Å². The number of carboxylic acids is 1. The van der Waals surface area contributed by atoms with Crippen molar-refractivity contribution < 1.29 is 14.9 Å². The molecule has 1 atom stereocenters. The molecule has 0 aliphatic rings. The topological polar surface area (TPSA) is 180 Å². The maximum atomic E-state index is 10.9. The number of aromatic nitrogens is 4. The van der Waals surface area contributed by atoms with E-state index in [0.717, 1.165) is 5.69 Å². The molecule has 0 saturated heterocycles. The predicted molar refractivity (Wildman–Crippen MR) is 91.0 cm³/mol. The number of fused-ring (bicyclic) bond motifs is 1. The SMILES string of the molecule is Nc1nc(N)c2ncc(CNc3ccc(C(N)C(=O)O)cc3)nc2[nH+]1. The van der Waals surface area contributed by atoms with Crippen LogP contribution in [-0.2, 0) is 11.3 Å². The van der Waals surface area contributed by atoms with E-state index < -0.39 is 12.0 Å². The third-order valence-electron chi connectivity index (χ3n) is 3.56. The molecule has 3 rings (SSSR count). The lowest BCUT2D eigenvalue weighted by atomic mass is 10.1. The second kappa shape index (κ2) is 6.53. The number of nitrogen functional groups attached to an aromatic ring is 2. The van der Waals surface area contributed by atoms with E-state index in [1.807, 2.05) is 0 Å². The van der Waals surface area contributed by atoms with Crippen molar-refractivity contribution in [2.24, 2.45) is 5.73 Å². The lowest BCUT2D eigenvalue weighted by molar-refractivity contribution is -0.333. The molecule has 0 aliphatic heterocycles.